The van der Waals surface area contributed by atoms with Crippen LogP contribution in [0.4, 0.5) is 0 Å². The van der Waals surface area contributed by atoms with E-state index in [0.29, 0.717) is 5.92 Å². The van der Waals surface area contributed by atoms with E-state index in [2.05, 4.69) is 19.9 Å². The lowest BCUT2D eigenvalue weighted by molar-refractivity contribution is -0.114. The summed E-state index contributed by atoms with van der Waals surface area (Å²) in [6.07, 6.45) is 8.27. The van der Waals surface area contributed by atoms with E-state index >= 15 is 0 Å². The van der Waals surface area contributed by atoms with Gasteiger partial charge in [-0.25, -0.2) is 0 Å². The first-order valence-electron chi connectivity index (χ1n) is 5.34. The van der Waals surface area contributed by atoms with Crippen molar-refractivity contribution in [2.75, 3.05) is 0 Å². The van der Waals surface area contributed by atoms with Gasteiger partial charge in [0.2, 0.25) is 0 Å². The quantitative estimate of drug-likeness (QED) is 0.445. The smallest absolute Gasteiger partial charge is 0.123 e. The van der Waals surface area contributed by atoms with Gasteiger partial charge in [-0.15, -0.1) is 0 Å². The summed E-state index contributed by atoms with van der Waals surface area (Å²) in [6.45, 7) is 4.59. The normalized spacial score (nSPS) is 44.0. The monoisotopic (exact) mass is 178 g/mol. The Morgan fingerprint density at radius 1 is 1.54 bits per heavy atom. The van der Waals surface area contributed by atoms with E-state index in [-0.39, 0.29) is 11.3 Å². The summed E-state index contributed by atoms with van der Waals surface area (Å²) in [5.74, 6) is 0.972. The molecule has 0 aromatic rings. The van der Waals surface area contributed by atoms with E-state index in [9.17, 15) is 4.79 Å². The van der Waals surface area contributed by atoms with Crippen LogP contribution in [0.2, 0.25) is 0 Å². The Bertz CT molecular complexity index is 254. The molecule has 0 saturated heterocycles. The summed E-state index contributed by atoms with van der Waals surface area (Å²) in [4.78, 5) is 11.0. The zero-order chi connectivity index (χ0) is 9.47. The number of aldehydes is 1. The second kappa shape index (κ2) is 2.97. The molecule has 0 amide bonds. The second-order valence-corrected chi connectivity index (χ2v) is 4.77. The average molecular weight is 178 g/mol. The fourth-order valence-corrected chi connectivity index (χ4v) is 3.14. The molecule has 1 saturated carbocycles. The molecule has 2 rings (SSSR count). The minimum Gasteiger partial charge on any atom is -0.303 e. The van der Waals surface area contributed by atoms with Crippen LogP contribution in [0.25, 0.3) is 0 Å². The first kappa shape index (κ1) is 8.98. The SMILES string of the molecule is C[C@@H]1CCC=C2CC[C@H](C=O)[C@]21C. The number of carbonyl (C=O) groups is 1. The van der Waals surface area contributed by atoms with Gasteiger partial charge in [0.1, 0.15) is 6.29 Å². The predicted molar refractivity (Wildman–Crippen MR) is 53.4 cm³/mol. The fraction of sp³-hybridized carbons (Fsp3) is 0.750. The van der Waals surface area contributed by atoms with Crippen molar-refractivity contribution >= 4 is 6.29 Å². The van der Waals surface area contributed by atoms with Crippen LogP contribution in [-0.4, -0.2) is 6.29 Å². The van der Waals surface area contributed by atoms with Gasteiger partial charge in [0.25, 0.3) is 0 Å². The lowest BCUT2D eigenvalue weighted by Crippen LogP contribution is -2.33. The Kier molecular flexibility index (Phi) is 2.05. The largest absolute Gasteiger partial charge is 0.303 e. The van der Waals surface area contributed by atoms with Crippen molar-refractivity contribution in [3.8, 4) is 0 Å². The van der Waals surface area contributed by atoms with Crippen LogP contribution in [0.1, 0.15) is 39.5 Å². The Labute approximate surface area is 80.2 Å². The fourth-order valence-electron chi connectivity index (χ4n) is 3.14. The van der Waals surface area contributed by atoms with Crippen molar-refractivity contribution in [2.24, 2.45) is 17.3 Å². The molecular formula is C12H18O. The van der Waals surface area contributed by atoms with E-state index < -0.39 is 0 Å². The molecule has 0 bridgehead atoms. The summed E-state index contributed by atoms with van der Waals surface area (Å²) in [6, 6.07) is 0. The lowest BCUT2D eigenvalue weighted by atomic mass is 9.64. The summed E-state index contributed by atoms with van der Waals surface area (Å²) in [5.41, 5.74) is 1.77. The zero-order valence-electron chi connectivity index (χ0n) is 8.55. The molecular weight excluding hydrogens is 160 g/mol. The number of carbonyl (C=O) groups excluding carboxylic acids is 1. The van der Waals surface area contributed by atoms with E-state index in [0.717, 1.165) is 12.8 Å². The average Bonchev–Trinajstić information content (AvgIpc) is 2.45. The minimum absolute atomic E-state index is 0.208. The van der Waals surface area contributed by atoms with Crippen LogP contribution in [0.3, 0.4) is 0 Å². The molecule has 2 aliphatic carbocycles. The Morgan fingerprint density at radius 2 is 2.31 bits per heavy atom. The molecule has 0 aromatic carbocycles. The van der Waals surface area contributed by atoms with E-state index in [1.54, 1.807) is 5.57 Å². The van der Waals surface area contributed by atoms with Crippen LogP contribution < -0.4 is 0 Å². The maximum atomic E-state index is 11.0. The van der Waals surface area contributed by atoms with Crippen LogP contribution in [0.15, 0.2) is 11.6 Å². The van der Waals surface area contributed by atoms with Crippen molar-refractivity contribution in [1.82, 2.24) is 0 Å². The van der Waals surface area contributed by atoms with E-state index in [4.69, 9.17) is 0 Å². The van der Waals surface area contributed by atoms with E-state index in [1.165, 1.54) is 19.1 Å². The Morgan fingerprint density at radius 3 is 3.00 bits per heavy atom. The summed E-state index contributed by atoms with van der Waals surface area (Å²) in [5, 5.41) is 0. The number of fused-ring (bicyclic) bond motifs is 1. The van der Waals surface area contributed by atoms with Gasteiger partial charge in [0, 0.05) is 11.3 Å². The first-order valence-corrected chi connectivity index (χ1v) is 5.34. The van der Waals surface area contributed by atoms with Gasteiger partial charge in [-0.1, -0.05) is 25.5 Å². The van der Waals surface area contributed by atoms with Gasteiger partial charge in [-0.3, -0.25) is 0 Å². The molecule has 0 aliphatic heterocycles. The van der Waals surface area contributed by atoms with Gasteiger partial charge < -0.3 is 4.79 Å². The number of allylic oxidation sites excluding steroid dienone is 2. The number of rotatable bonds is 1. The highest BCUT2D eigenvalue weighted by atomic mass is 16.1. The zero-order valence-corrected chi connectivity index (χ0v) is 8.55. The molecule has 0 spiro atoms. The molecule has 1 nitrogen and oxygen atoms in total. The molecule has 0 N–H and O–H groups in total. The van der Waals surface area contributed by atoms with Gasteiger partial charge in [-0.2, -0.15) is 0 Å². The molecule has 2 aliphatic rings. The Hall–Kier alpha value is -0.590. The highest BCUT2D eigenvalue weighted by Gasteiger charge is 2.47. The molecule has 1 fully saturated rings. The third-order valence-corrected chi connectivity index (χ3v) is 4.37. The molecule has 0 heterocycles. The predicted octanol–water partition coefficient (Wildman–Crippen LogP) is 2.96. The van der Waals surface area contributed by atoms with Gasteiger partial charge in [-0.05, 0) is 31.6 Å². The van der Waals surface area contributed by atoms with Crippen molar-refractivity contribution < 1.29 is 4.79 Å². The highest BCUT2D eigenvalue weighted by molar-refractivity contribution is 5.58. The molecule has 1 heteroatoms. The molecule has 3 atom stereocenters. The lowest BCUT2D eigenvalue weighted by Gasteiger charge is -2.39. The Balaban J connectivity index is 2.38. The maximum Gasteiger partial charge on any atom is 0.123 e. The minimum atomic E-state index is 0.208. The van der Waals surface area contributed by atoms with Crippen molar-refractivity contribution in [1.29, 1.82) is 0 Å². The van der Waals surface area contributed by atoms with Crippen LogP contribution >= 0.6 is 0 Å². The number of hydrogen-bond donors (Lipinski definition) is 0. The highest BCUT2D eigenvalue weighted by Crippen LogP contribution is 2.54. The van der Waals surface area contributed by atoms with Crippen molar-refractivity contribution in [2.45, 2.75) is 39.5 Å². The van der Waals surface area contributed by atoms with Crippen LogP contribution in [-0.2, 0) is 4.79 Å². The maximum absolute atomic E-state index is 11.0. The third kappa shape index (κ3) is 1.09. The summed E-state index contributed by atoms with van der Waals surface area (Å²) >= 11 is 0. The van der Waals surface area contributed by atoms with Gasteiger partial charge >= 0.3 is 0 Å². The topological polar surface area (TPSA) is 17.1 Å². The summed E-state index contributed by atoms with van der Waals surface area (Å²) < 4.78 is 0. The molecule has 0 radical (unpaired) electrons. The van der Waals surface area contributed by atoms with E-state index in [1.807, 2.05) is 0 Å². The van der Waals surface area contributed by atoms with Gasteiger partial charge in [0.05, 0.1) is 0 Å². The first-order chi connectivity index (χ1) is 6.19. The van der Waals surface area contributed by atoms with Crippen LogP contribution in [0, 0.1) is 17.3 Å². The molecule has 0 unspecified atom stereocenters. The third-order valence-electron chi connectivity index (χ3n) is 4.37. The van der Waals surface area contributed by atoms with Crippen molar-refractivity contribution in [3.05, 3.63) is 11.6 Å². The molecule has 72 valence electrons. The second-order valence-electron chi connectivity index (χ2n) is 4.77. The van der Waals surface area contributed by atoms with Crippen LogP contribution in [0.5, 0.6) is 0 Å². The molecule has 13 heavy (non-hydrogen) atoms. The standard InChI is InChI=1S/C12H18O/c1-9-4-3-5-10-6-7-11(8-13)12(9,10)2/h5,8-9,11H,3-4,6-7H2,1-2H3/t9-,11-,12+/m1/s1. The van der Waals surface area contributed by atoms with Gasteiger partial charge in [0.15, 0.2) is 0 Å². The molecule has 0 aromatic heterocycles. The van der Waals surface area contributed by atoms with Crippen molar-refractivity contribution in [3.63, 3.8) is 0 Å². The summed E-state index contributed by atoms with van der Waals surface area (Å²) in [7, 11) is 0. The number of hydrogen-bond acceptors (Lipinski definition) is 1.